The first kappa shape index (κ1) is 15.4. The Hall–Kier alpha value is -2.51. The number of rotatable bonds is 5. The van der Waals surface area contributed by atoms with Crippen LogP contribution in [0.2, 0.25) is 0 Å². The van der Waals surface area contributed by atoms with Gasteiger partial charge in [-0.2, -0.15) is 5.10 Å². The molecule has 0 spiro atoms. The lowest BCUT2D eigenvalue weighted by Gasteiger charge is -2.15. The zero-order valence-electron chi connectivity index (χ0n) is 12.5. The molecule has 0 radical (unpaired) electrons. The fourth-order valence-electron chi connectivity index (χ4n) is 2.23. The highest BCUT2D eigenvalue weighted by Crippen LogP contribution is 2.18. The summed E-state index contributed by atoms with van der Waals surface area (Å²) in [6, 6.07) is 15.5. The van der Waals surface area contributed by atoms with E-state index >= 15 is 0 Å². The van der Waals surface area contributed by atoms with Gasteiger partial charge in [0.05, 0.1) is 10.6 Å². The van der Waals surface area contributed by atoms with Gasteiger partial charge in [0.2, 0.25) is 10.0 Å². The van der Waals surface area contributed by atoms with Gasteiger partial charge in [-0.15, -0.1) is 0 Å². The molecule has 0 aliphatic heterocycles. The van der Waals surface area contributed by atoms with E-state index in [9.17, 15) is 8.42 Å². The fourth-order valence-corrected chi connectivity index (χ4v) is 3.48. The highest BCUT2D eigenvalue weighted by molar-refractivity contribution is 7.89. The molecule has 2 aromatic carbocycles. The standard InChI is InChI=1S/C16H16N4O2S/c1-13(19-23(21,22)16-5-3-2-4-6-16)14-7-9-15(10-8-14)20-12-17-11-18-20/h2-13,19H,1H3/t13-/m1/s1. The SMILES string of the molecule is C[C@@H](NS(=O)(=O)c1ccccc1)c1ccc(-n2cncn2)cc1. The van der Waals surface area contributed by atoms with Crippen molar-refractivity contribution < 1.29 is 8.42 Å². The van der Waals surface area contributed by atoms with E-state index in [2.05, 4.69) is 14.8 Å². The molecule has 0 aliphatic carbocycles. The Labute approximate surface area is 134 Å². The lowest BCUT2D eigenvalue weighted by molar-refractivity contribution is 0.567. The molecule has 0 aliphatic rings. The lowest BCUT2D eigenvalue weighted by atomic mass is 10.1. The molecule has 1 N–H and O–H groups in total. The number of hydrogen-bond donors (Lipinski definition) is 1. The predicted octanol–water partition coefficient (Wildman–Crippen LogP) is 2.31. The highest BCUT2D eigenvalue weighted by atomic mass is 32.2. The first-order valence-corrected chi connectivity index (χ1v) is 8.57. The summed E-state index contributed by atoms with van der Waals surface area (Å²) in [4.78, 5) is 4.15. The van der Waals surface area contributed by atoms with Gasteiger partial charge in [-0.25, -0.2) is 22.8 Å². The Morgan fingerprint density at radius 2 is 1.74 bits per heavy atom. The van der Waals surface area contributed by atoms with Crippen LogP contribution in [-0.2, 0) is 10.0 Å². The smallest absolute Gasteiger partial charge is 0.223 e. The van der Waals surface area contributed by atoms with Crippen LogP contribution < -0.4 is 4.72 Å². The summed E-state index contributed by atoms with van der Waals surface area (Å²) in [6.45, 7) is 1.81. The second-order valence-corrected chi connectivity index (χ2v) is 6.80. The first-order chi connectivity index (χ1) is 11.1. The van der Waals surface area contributed by atoms with Crippen molar-refractivity contribution in [3.05, 3.63) is 72.8 Å². The van der Waals surface area contributed by atoms with E-state index in [0.717, 1.165) is 11.3 Å². The Morgan fingerprint density at radius 1 is 1.04 bits per heavy atom. The van der Waals surface area contributed by atoms with Gasteiger partial charge in [0, 0.05) is 6.04 Å². The van der Waals surface area contributed by atoms with Crippen molar-refractivity contribution in [2.24, 2.45) is 0 Å². The van der Waals surface area contributed by atoms with E-state index in [1.54, 1.807) is 41.3 Å². The molecule has 0 amide bonds. The topological polar surface area (TPSA) is 76.9 Å². The number of sulfonamides is 1. The summed E-state index contributed by atoms with van der Waals surface area (Å²) >= 11 is 0. The highest BCUT2D eigenvalue weighted by Gasteiger charge is 2.17. The molecule has 0 fully saturated rings. The molecule has 0 saturated heterocycles. The second kappa shape index (κ2) is 6.31. The zero-order valence-corrected chi connectivity index (χ0v) is 13.3. The van der Waals surface area contributed by atoms with Crippen LogP contribution >= 0.6 is 0 Å². The van der Waals surface area contributed by atoms with Crippen molar-refractivity contribution in [2.45, 2.75) is 17.9 Å². The van der Waals surface area contributed by atoms with E-state index in [0.29, 0.717) is 0 Å². The Kier molecular flexibility index (Phi) is 4.22. The second-order valence-electron chi connectivity index (χ2n) is 5.09. The lowest BCUT2D eigenvalue weighted by Crippen LogP contribution is -2.26. The molecule has 0 saturated carbocycles. The third kappa shape index (κ3) is 3.46. The maximum atomic E-state index is 12.3. The minimum absolute atomic E-state index is 0.256. The van der Waals surface area contributed by atoms with Crippen LogP contribution in [0.1, 0.15) is 18.5 Å². The third-order valence-corrected chi connectivity index (χ3v) is 5.02. The summed E-state index contributed by atoms with van der Waals surface area (Å²) < 4.78 is 29.0. The molecule has 118 valence electrons. The summed E-state index contributed by atoms with van der Waals surface area (Å²) in [5, 5.41) is 4.05. The normalized spacial score (nSPS) is 12.9. The quantitative estimate of drug-likeness (QED) is 0.780. The van der Waals surface area contributed by atoms with E-state index in [4.69, 9.17) is 0 Å². The molecule has 7 heteroatoms. The van der Waals surface area contributed by atoms with Gasteiger partial charge in [-0.3, -0.25) is 0 Å². The van der Waals surface area contributed by atoms with Crippen molar-refractivity contribution in [1.29, 1.82) is 0 Å². The van der Waals surface area contributed by atoms with Gasteiger partial charge in [0.15, 0.2) is 0 Å². The fraction of sp³-hybridized carbons (Fsp3) is 0.125. The van der Waals surface area contributed by atoms with Crippen molar-refractivity contribution >= 4 is 10.0 Å². The minimum Gasteiger partial charge on any atom is -0.223 e. The van der Waals surface area contributed by atoms with Crippen LogP contribution in [0.3, 0.4) is 0 Å². The molecule has 6 nitrogen and oxygen atoms in total. The van der Waals surface area contributed by atoms with Gasteiger partial charge in [-0.05, 0) is 36.8 Å². The van der Waals surface area contributed by atoms with Gasteiger partial charge in [-0.1, -0.05) is 30.3 Å². The van der Waals surface area contributed by atoms with Crippen molar-refractivity contribution in [1.82, 2.24) is 19.5 Å². The number of nitrogens with zero attached hydrogens (tertiary/aromatic N) is 3. The third-order valence-electron chi connectivity index (χ3n) is 3.46. The molecule has 0 unspecified atom stereocenters. The van der Waals surface area contributed by atoms with Crippen molar-refractivity contribution in [3.8, 4) is 5.69 Å². The monoisotopic (exact) mass is 328 g/mol. The molecular formula is C16H16N4O2S. The zero-order chi connectivity index (χ0) is 16.3. The van der Waals surface area contributed by atoms with Crippen molar-refractivity contribution in [2.75, 3.05) is 0 Å². The van der Waals surface area contributed by atoms with Gasteiger partial charge in [0.1, 0.15) is 12.7 Å². The number of nitrogens with one attached hydrogen (secondary N) is 1. The van der Waals surface area contributed by atoms with Crippen LogP contribution in [0, 0.1) is 0 Å². The van der Waals surface area contributed by atoms with Gasteiger partial charge in [0.25, 0.3) is 0 Å². The van der Waals surface area contributed by atoms with Crippen LogP contribution in [0.4, 0.5) is 0 Å². The Bertz CT molecular complexity index is 860. The van der Waals surface area contributed by atoms with Crippen LogP contribution in [0.15, 0.2) is 72.1 Å². The Balaban J connectivity index is 1.77. The number of benzene rings is 2. The molecule has 3 rings (SSSR count). The van der Waals surface area contributed by atoms with Crippen molar-refractivity contribution in [3.63, 3.8) is 0 Å². The largest absolute Gasteiger partial charge is 0.241 e. The number of hydrogen-bond acceptors (Lipinski definition) is 4. The summed E-state index contributed by atoms with van der Waals surface area (Å²) in [6.07, 6.45) is 3.07. The summed E-state index contributed by atoms with van der Waals surface area (Å²) in [7, 11) is -3.54. The van der Waals surface area contributed by atoms with Crippen LogP contribution in [0.5, 0.6) is 0 Å². The minimum atomic E-state index is -3.54. The molecule has 23 heavy (non-hydrogen) atoms. The van der Waals surface area contributed by atoms with E-state index in [1.807, 2.05) is 31.2 Å². The molecule has 0 bridgehead atoms. The molecule has 1 aromatic heterocycles. The van der Waals surface area contributed by atoms with E-state index in [1.165, 1.54) is 6.33 Å². The molecule has 3 aromatic rings. The average molecular weight is 328 g/mol. The number of aromatic nitrogens is 3. The molecule has 1 atom stereocenters. The average Bonchev–Trinajstić information content (AvgIpc) is 3.10. The Morgan fingerprint density at radius 3 is 2.35 bits per heavy atom. The van der Waals surface area contributed by atoms with Crippen LogP contribution in [0.25, 0.3) is 5.69 Å². The molecule has 1 heterocycles. The predicted molar refractivity (Wildman–Crippen MR) is 86.5 cm³/mol. The summed E-state index contributed by atoms with van der Waals surface area (Å²) in [5.41, 5.74) is 1.73. The van der Waals surface area contributed by atoms with E-state index < -0.39 is 10.0 Å². The maximum Gasteiger partial charge on any atom is 0.241 e. The molecular weight excluding hydrogens is 312 g/mol. The first-order valence-electron chi connectivity index (χ1n) is 7.08. The van der Waals surface area contributed by atoms with Gasteiger partial charge < -0.3 is 0 Å². The summed E-state index contributed by atoms with van der Waals surface area (Å²) in [5.74, 6) is 0. The van der Waals surface area contributed by atoms with Crippen LogP contribution in [-0.4, -0.2) is 23.2 Å². The van der Waals surface area contributed by atoms with E-state index in [-0.39, 0.29) is 10.9 Å². The maximum absolute atomic E-state index is 12.3. The van der Waals surface area contributed by atoms with Gasteiger partial charge >= 0.3 is 0 Å².